The monoisotopic (exact) mass is 362 g/mol. The van der Waals surface area contributed by atoms with E-state index in [-0.39, 0.29) is 30.6 Å². The Hall–Kier alpha value is -2.28. The minimum atomic E-state index is -0.325. The number of hydrazone groups is 1. The molecule has 142 valence electrons. The number of halogens is 1. The summed E-state index contributed by atoms with van der Waals surface area (Å²) in [5, 5.41) is 5.63. The van der Waals surface area contributed by atoms with Crippen LogP contribution in [0, 0.1) is 5.82 Å². The lowest BCUT2D eigenvalue weighted by Gasteiger charge is -2.28. The molecule has 1 heterocycles. The zero-order valence-corrected chi connectivity index (χ0v) is 15.7. The van der Waals surface area contributed by atoms with E-state index in [0.29, 0.717) is 25.2 Å². The van der Waals surface area contributed by atoms with Crippen LogP contribution >= 0.6 is 0 Å². The summed E-state index contributed by atoms with van der Waals surface area (Å²) < 4.78 is 13.0. The van der Waals surface area contributed by atoms with Gasteiger partial charge in [-0.2, -0.15) is 5.10 Å². The summed E-state index contributed by atoms with van der Waals surface area (Å²) in [7, 11) is 3.94. The fourth-order valence-corrected chi connectivity index (χ4v) is 2.73. The molecule has 7 heteroatoms. The maximum Gasteiger partial charge on any atom is 0.270 e. The number of likely N-dealkylation sites (N-methyl/N-ethyl adjacent to an activating group) is 1. The van der Waals surface area contributed by atoms with Crippen LogP contribution in [0.4, 0.5) is 4.39 Å². The Labute approximate surface area is 154 Å². The molecule has 1 aliphatic rings. The van der Waals surface area contributed by atoms with Crippen molar-refractivity contribution in [2.24, 2.45) is 5.10 Å². The minimum absolute atomic E-state index is 0.106. The van der Waals surface area contributed by atoms with E-state index < -0.39 is 0 Å². The molecular formula is C19H27FN4O2. The van der Waals surface area contributed by atoms with Gasteiger partial charge in [0.2, 0.25) is 5.91 Å². The molecule has 0 N–H and O–H groups in total. The maximum absolute atomic E-state index is 13.0. The van der Waals surface area contributed by atoms with Gasteiger partial charge in [-0.15, -0.1) is 0 Å². The third kappa shape index (κ3) is 5.62. The van der Waals surface area contributed by atoms with E-state index >= 15 is 0 Å². The number of carbonyl (C=O) groups is 2. The van der Waals surface area contributed by atoms with Gasteiger partial charge in [0.15, 0.2) is 0 Å². The molecule has 0 radical (unpaired) electrons. The van der Waals surface area contributed by atoms with Crippen LogP contribution in [0.1, 0.15) is 31.7 Å². The van der Waals surface area contributed by atoms with Crippen molar-refractivity contribution in [3.63, 3.8) is 0 Å². The van der Waals surface area contributed by atoms with Crippen LogP contribution in [0.2, 0.25) is 0 Å². The Bertz CT molecular complexity index is 658. The third-order valence-electron chi connectivity index (χ3n) is 4.20. The number of nitrogens with zero attached hydrogens (tertiary/aromatic N) is 4. The Morgan fingerprint density at radius 1 is 1.15 bits per heavy atom. The van der Waals surface area contributed by atoms with Crippen LogP contribution in [0.25, 0.3) is 0 Å². The lowest BCUT2D eigenvalue weighted by molar-refractivity contribution is -0.132. The average molecular weight is 362 g/mol. The van der Waals surface area contributed by atoms with E-state index in [4.69, 9.17) is 0 Å². The predicted molar refractivity (Wildman–Crippen MR) is 99.0 cm³/mol. The topological polar surface area (TPSA) is 56.2 Å². The number of rotatable bonds is 8. The lowest BCUT2D eigenvalue weighted by Crippen LogP contribution is -2.44. The largest absolute Gasteiger partial charge is 0.336 e. The fraction of sp³-hybridized carbons (Fsp3) is 0.526. The molecule has 0 aromatic heterocycles. The molecule has 0 bridgehead atoms. The van der Waals surface area contributed by atoms with E-state index in [1.54, 1.807) is 17.0 Å². The van der Waals surface area contributed by atoms with Crippen molar-refractivity contribution in [2.75, 3.05) is 33.7 Å². The molecule has 26 heavy (non-hydrogen) atoms. The first-order valence-corrected chi connectivity index (χ1v) is 8.97. The minimum Gasteiger partial charge on any atom is -0.336 e. The van der Waals surface area contributed by atoms with Crippen molar-refractivity contribution in [3.05, 3.63) is 35.6 Å². The summed E-state index contributed by atoms with van der Waals surface area (Å²) in [5.74, 6) is -0.555. The van der Waals surface area contributed by atoms with Gasteiger partial charge < -0.3 is 9.80 Å². The highest BCUT2D eigenvalue weighted by molar-refractivity contribution is 6.39. The van der Waals surface area contributed by atoms with Gasteiger partial charge in [-0.1, -0.05) is 19.1 Å². The summed E-state index contributed by atoms with van der Waals surface area (Å²) >= 11 is 0. The van der Waals surface area contributed by atoms with Crippen LogP contribution in [0.15, 0.2) is 29.4 Å². The lowest BCUT2D eigenvalue weighted by atomic mass is 10.1. The second-order valence-corrected chi connectivity index (χ2v) is 6.72. The highest BCUT2D eigenvalue weighted by Crippen LogP contribution is 2.15. The Morgan fingerprint density at radius 2 is 1.85 bits per heavy atom. The van der Waals surface area contributed by atoms with Gasteiger partial charge in [0.25, 0.3) is 5.91 Å². The van der Waals surface area contributed by atoms with Crippen LogP contribution in [0.3, 0.4) is 0 Å². The number of hydrogen-bond acceptors (Lipinski definition) is 4. The van der Waals surface area contributed by atoms with Gasteiger partial charge in [-0.25, -0.2) is 9.40 Å². The van der Waals surface area contributed by atoms with Crippen molar-refractivity contribution < 1.29 is 14.0 Å². The molecule has 2 amide bonds. The van der Waals surface area contributed by atoms with E-state index in [0.717, 1.165) is 18.5 Å². The summed E-state index contributed by atoms with van der Waals surface area (Å²) in [6.45, 7) is 4.34. The third-order valence-corrected chi connectivity index (χ3v) is 4.20. The molecule has 0 saturated heterocycles. The Morgan fingerprint density at radius 3 is 2.46 bits per heavy atom. The number of hydrogen-bond donors (Lipinski definition) is 0. The molecule has 2 rings (SSSR count). The van der Waals surface area contributed by atoms with E-state index in [1.807, 2.05) is 25.9 Å². The SMILES string of the molecule is CCCN(CCN(C)C)C(=O)C1=NN(Cc2ccc(F)cc2)C(=O)CC1. The first-order chi connectivity index (χ1) is 12.4. The highest BCUT2D eigenvalue weighted by atomic mass is 19.1. The van der Waals surface area contributed by atoms with Crippen molar-refractivity contribution >= 4 is 17.5 Å². The molecule has 0 aliphatic carbocycles. The fourth-order valence-electron chi connectivity index (χ4n) is 2.73. The predicted octanol–water partition coefficient (Wildman–Crippen LogP) is 2.10. The van der Waals surface area contributed by atoms with Gasteiger partial charge in [-0.3, -0.25) is 9.59 Å². The Balaban J connectivity index is 2.11. The average Bonchev–Trinajstić information content (AvgIpc) is 2.61. The van der Waals surface area contributed by atoms with Crippen LogP contribution in [-0.4, -0.2) is 66.1 Å². The molecular weight excluding hydrogens is 335 g/mol. The van der Waals surface area contributed by atoms with Crippen LogP contribution in [0.5, 0.6) is 0 Å². The second kappa shape index (κ2) is 9.43. The molecule has 0 saturated carbocycles. The number of benzene rings is 1. The van der Waals surface area contributed by atoms with E-state index in [2.05, 4.69) is 5.10 Å². The van der Waals surface area contributed by atoms with Gasteiger partial charge in [0.05, 0.1) is 6.54 Å². The molecule has 0 fully saturated rings. The standard InChI is InChI=1S/C19H27FN4O2/c1-4-11-23(13-12-22(2)3)19(26)17-9-10-18(25)24(21-17)14-15-5-7-16(20)8-6-15/h5-8H,4,9-14H2,1-3H3. The van der Waals surface area contributed by atoms with E-state index in [1.165, 1.54) is 17.1 Å². The molecule has 0 atom stereocenters. The van der Waals surface area contributed by atoms with Gasteiger partial charge >= 0.3 is 0 Å². The molecule has 1 aromatic carbocycles. The van der Waals surface area contributed by atoms with E-state index in [9.17, 15) is 14.0 Å². The van der Waals surface area contributed by atoms with Crippen molar-refractivity contribution in [1.82, 2.24) is 14.8 Å². The van der Waals surface area contributed by atoms with Crippen molar-refractivity contribution in [2.45, 2.75) is 32.7 Å². The van der Waals surface area contributed by atoms with Gasteiger partial charge in [0, 0.05) is 32.5 Å². The van der Waals surface area contributed by atoms with Crippen LogP contribution in [-0.2, 0) is 16.1 Å². The molecule has 1 aromatic rings. The van der Waals surface area contributed by atoms with Crippen molar-refractivity contribution in [3.8, 4) is 0 Å². The van der Waals surface area contributed by atoms with Crippen molar-refractivity contribution in [1.29, 1.82) is 0 Å². The summed E-state index contributed by atoms with van der Waals surface area (Å²) in [6, 6.07) is 5.94. The summed E-state index contributed by atoms with van der Waals surface area (Å²) in [4.78, 5) is 28.8. The Kier molecular flexibility index (Phi) is 7.26. The first-order valence-electron chi connectivity index (χ1n) is 8.97. The summed E-state index contributed by atoms with van der Waals surface area (Å²) in [6.07, 6.45) is 1.49. The molecule has 6 nitrogen and oxygen atoms in total. The normalized spacial score (nSPS) is 14.6. The molecule has 0 spiro atoms. The quantitative estimate of drug-likeness (QED) is 0.712. The highest BCUT2D eigenvalue weighted by Gasteiger charge is 2.27. The summed E-state index contributed by atoms with van der Waals surface area (Å²) in [5.41, 5.74) is 1.19. The van der Waals surface area contributed by atoms with Gasteiger partial charge in [0.1, 0.15) is 11.5 Å². The van der Waals surface area contributed by atoms with Crippen LogP contribution < -0.4 is 0 Å². The first kappa shape index (κ1) is 20.0. The number of amides is 2. The van der Waals surface area contributed by atoms with Gasteiger partial charge in [-0.05, 0) is 38.2 Å². The second-order valence-electron chi connectivity index (χ2n) is 6.72. The maximum atomic E-state index is 13.0. The smallest absolute Gasteiger partial charge is 0.270 e. The zero-order chi connectivity index (χ0) is 19.1. The molecule has 0 unspecified atom stereocenters. The zero-order valence-electron chi connectivity index (χ0n) is 15.7. The molecule has 1 aliphatic heterocycles. The number of carbonyl (C=O) groups excluding carboxylic acids is 2.